The highest BCUT2D eigenvalue weighted by Gasteiger charge is 1.95. The second-order valence-electron chi connectivity index (χ2n) is 3.38. The zero-order valence-electron chi connectivity index (χ0n) is 8.93. The molecule has 0 fully saturated rings. The highest BCUT2D eigenvalue weighted by molar-refractivity contribution is 8.13. The van der Waals surface area contributed by atoms with Gasteiger partial charge in [-0.25, -0.2) is 4.98 Å². The summed E-state index contributed by atoms with van der Waals surface area (Å²) in [5.74, 6) is 0.719. The maximum absolute atomic E-state index is 10.7. The van der Waals surface area contributed by atoms with Gasteiger partial charge in [-0.05, 0) is 17.7 Å². The first-order valence-electron chi connectivity index (χ1n) is 4.99. The van der Waals surface area contributed by atoms with Crippen LogP contribution < -0.4 is 0 Å². The summed E-state index contributed by atoms with van der Waals surface area (Å²) >= 11 is 1.31. The number of carbonyl (C=O) groups excluding carboxylic acids is 1. The lowest BCUT2D eigenvalue weighted by atomic mass is 10.2. The Kier molecular flexibility index (Phi) is 3.41. The van der Waals surface area contributed by atoms with E-state index in [9.17, 15) is 4.79 Å². The normalized spacial score (nSPS) is 11.3. The van der Waals surface area contributed by atoms with Gasteiger partial charge in [0, 0.05) is 12.7 Å². The third-order valence-corrected chi connectivity index (χ3v) is 2.90. The molecule has 1 aromatic heterocycles. The fourth-order valence-corrected chi connectivity index (χ4v) is 1.83. The second kappa shape index (κ2) is 4.99. The Morgan fingerprint density at radius 2 is 2.44 bits per heavy atom. The summed E-state index contributed by atoms with van der Waals surface area (Å²) in [4.78, 5) is 17.9. The number of thioether (sulfide) groups is 1. The quantitative estimate of drug-likeness (QED) is 0.885. The molecule has 0 aliphatic heterocycles. The number of rotatable bonds is 3. The van der Waals surface area contributed by atoms with E-state index in [0.29, 0.717) is 0 Å². The molecule has 0 spiro atoms. The van der Waals surface area contributed by atoms with Gasteiger partial charge in [0.15, 0.2) is 5.12 Å². The van der Waals surface area contributed by atoms with Crippen LogP contribution in [0.2, 0.25) is 0 Å². The first-order chi connectivity index (χ1) is 7.75. The van der Waals surface area contributed by atoms with Crippen LogP contribution in [0.3, 0.4) is 0 Å². The number of imidazole rings is 1. The van der Waals surface area contributed by atoms with Crippen LogP contribution in [-0.4, -0.2) is 20.8 Å². The molecule has 4 heteroatoms. The SMILES string of the molecule is CC(=O)SCC=Cc1ccc2nc[nH]c2c1. The molecule has 0 atom stereocenters. The van der Waals surface area contributed by atoms with Crippen LogP contribution in [0.5, 0.6) is 0 Å². The van der Waals surface area contributed by atoms with E-state index in [1.54, 1.807) is 13.3 Å². The van der Waals surface area contributed by atoms with Gasteiger partial charge < -0.3 is 4.98 Å². The standard InChI is InChI=1S/C12H12N2OS/c1-9(15)16-6-2-3-10-4-5-11-12(7-10)14-8-13-11/h2-5,7-8H,6H2,1H3,(H,13,14). The van der Waals surface area contributed by atoms with Crippen molar-refractivity contribution in [2.24, 2.45) is 0 Å². The zero-order valence-corrected chi connectivity index (χ0v) is 9.75. The maximum Gasteiger partial charge on any atom is 0.186 e. The number of aromatic nitrogens is 2. The van der Waals surface area contributed by atoms with Gasteiger partial charge in [0.05, 0.1) is 17.4 Å². The van der Waals surface area contributed by atoms with E-state index in [-0.39, 0.29) is 5.12 Å². The van der Waals surface area contributed by atoms with E-state index >= 15 is 0 Å². The average molecular weight is 232 g/mol. The predicted octanol–water partition coefficient (Wildman–Crippen LogP) is 2.86. The van der Waals surface area contributed by atoms with Gasteiger partial charge in [-0.15, -0.1) is 0 Å². The minimum absolute atomic E-state index is 0.147. The fraction of sp³-hybridized carbons (Fsp3) is 0.167. The Labute approximate surface area is 98.0 Å². The number of fused-ring (bicyclic) bond motifs is 1. The van der Waals surface area contributed by atoms with Crippen molar-refractivity contribution < 1.29 is 4.79 Å². The summed E-state index contributed by atoms with van der Waals surface area (Å²) in [6, 6.07) is 6.03. The zero-order chi connectivity index (χ0) is 11.4. The summed E-state index contributed by atoms with van der Waals surface area (Å²) in [6.07, 6.45) is 5.68. The molecule has 0 radical (unpaired) electrons. The van der Waals surface area contributed by atoms with Gasteiger partial charge in [0.25, 0.3) is 0 Å². The Morgan fingerprint density at radius 1 is 1.56 bits per heavy atom. The van der Waals surface area contributed by atoms with Crippen molar-refractivity contribution >= 4 is 34.0 Å². The van der Waals surface area contributed by atoms with Crippen LogP contribution in [0.4, 0.5) is 0 Å². The Hall–Kier alpha value is -1.55. The van der Waals surface area contributed by atoms with Crippen molar-refractivity contribution in [3.8, 4) is 0 Å². The van der Waals surface area contributed by atoms with Crippen LogP contribution in [0.15, 0.2) is 30.6 Å². The summed E-state index contributed by atoms with van der Waals surface area (Å²) < 4.78 is 0. The van der Waals surface area contributed by atoms with Gasteiger partial charge in [0.1, 0.15) is 0 Å². The molecule has 0 amide bonds. The topological polar surface area (TPSA) is 45.8 Å². The molecule has 0 saturated carbocycles. The lowest BCUT2D eigenvalue weighted by Crippen LogP contribution is -1.81. The summed E-state index contributed by atoms with van der Waals surface area (Å²) in [6.45, 7) is 1.58. The summed E-state index contributed by atoms with van der Waals surface area (Å²) in [5, 5.41) is 0.147. The molecule has 0 unspecified atom stereocenters. The van der Waals surface area contributed by atoms with Gasteiger partial charge >= 0.3 is 0 Å². The monoisotopic (exact) mass is 232 g/mol. The third kappa shape index (κ3) is 2.73. The molecule has 1 heterocycles. The van der Waals surface area contributed by atoms with E-state index in [4.69, 9.17) is 0 Å². The molecule has 3 nitrogen and oxygen atoms in total. The third-order valence-electron chi connectivity index (χ3n) is 2.14. The van der Waals surface area contributed by atoms with Crippen LogP contribution in [0.25, 0.3) is 17.1 Å². The molecule has 0 aliphatic rings. The van der Waals surface area contributed by atoms with Crippen molar-refractivity contribution in [1.29, 1.82) is 0 Å². The van der Waals surface area contributed by atoms with E-state index in [1.165, 1.54) is 11.8 Å². The average Bonchev–Trinajstić information content (AvgIpc) is 2.71. The number of hydrogen-bond acceptors (Lipinski definition) is 3. The van der Waals surface area contributed by atoms with Gasteiger partial charge in [-0.2, -0.15) is 0 Å². The number of benzene rings is 1. The number of hydrogen-bond donors (Lipinski definition) is 1. The fourth-order valence-electron chi connectivity index (χ4n) is 1.41. The van der Waals surface area contributed by atoms with Crippen molar-refractivity contribution in [2.45, 2.75) is 6.92 Å². The second-order valence-corrected chi connectivity index (χ2v) is 4.58. The number of carbonyl (C=O) groups is 1. The smallest absolute Gasteiger partial charge is 0.186 e. The minimum atomic E-state index is 0.147. The van der Waals surface area contributed by atoms with E-state index in [0.717, 1.165) is 22.3 Å². The molecule has 16 heavy (non-hydrogen) atoms. The van der Waals surface area contributed by atoms with Gasteiger partial charge in [-0.1, -0.05) is 30.0 Å². The first kappa shape index (κ1) is 11.0. The molecule has 0 bridgehead atoms. The molecule has 0 aliphatic carbocycles. The number of aromatic amines is 1. The molecular weight excluding hydrogens is 220 g/mol. The van der Waals surface area contributed by atoms with E-state index < -0.39 is 0 Å². The highest BCUT2D eigenvalue weighted by Crippen LogP contribution is 2.13. The van der Waals surface area contributed by atoms with Crippen molar-refractivity contribution in [3.63, 3.8) is 0 Å². The maximum atomic E-state index is 10.7. The summed E-state index contributed by atoms with van der Waals surface area (Å²) in [7, 11) is 0. The van der Waals surface area contributed by atoms with E-state index in [2.05, 4.69) is 9.97 Å². The minimum Gasteiger partial charge on any atom is -0.345 e. The van der Waals surface area contributed by atoms with E-state index in [1.807, 2.05) is 30.4 Å². The lowest BCUT2D eigenvalue weighted by Gasteiger charge is -1.93. The molecular formula is C12H12N2OS. The van der Waals surface area contributed by atoms with Crippen LogP contribution in [-0.2, 0) is 4.79 Å². The van der Waals surface area contributed by atoms with Crippen molar-refractivity contribution in [2.75, 3.05) is 5.75 Å². The van der Waals surface area contributed by atoms with Gasteiger partial charge in [0.2, 0.25) is 0 Å². The van der Waals surface area contributed by atoms with Gasteiger partial charge in [-0.3, -0.25) is 4.79 Å². The molecule has 0 saturated heterocycles. The number of H-pyrrole nitrogens is 1. The Bertz CT molecular complexity index is 531. The predicted molar refractivity (Wildman–Crippen MR) is 68.3 cm³/mol. The van der Waals surface area contributed by atoms with Crippen molar-refractivity contribution in [1.82, 2.24) is 9.97 Å². The van der Waals surface area contributed by atoms with Crippen LogP contribution in [0, 0.1) is 0 Å². The van der Waals surface area contributed by atoms with Crippen LogP contribution >= 0.6 is 11.8 Å². The molecule has 82 valence electrons. The number of nitrogens with one attached hydrogen (secondary N) is 1. The van der Waals surface area contributed by atoms with Crippen molar-refractivity contribution in [3.05, 3.63) is 36.2 Å². The number of nitrogens with zero attached hydrogens (tertiary/aromatic N) is 1. The molecule has 1 aromatic carbocycles. The molecule has 2 rings (SSSR count). The highest BCUT2D eigenvalue weighted by atomic mass is 32.2. The molecule has 1 N–H and O–H groups in total. The first-order valence-corrected chi connectivity index (χ1v) is 5.97. The molecule has 2 aromatic rings. The van der Waals surface area contributed by atoms with Crippen LogP contribution in [0.1, 0.15) is 12.5 Å². The summed E-state index contributed by atoms with van der Waals surface area (Å²) in [5.41, 5.74) is 3.11. The Balaban J connectivity index is 2.06. The largest absolute Gasteiger partial charge is 0.345 e. The lowest BCUT2D eigenvalue weighted by molar-refractivity contribution is -0.109. The Morgan fingerprint density at radius 3 is 3.25 bits per heavy atom.